The SMILES string of the molecule is CCOCC(C)Nc1ccc2c(c1)CCN2C(=O)OC(C)(C)C. The molecule has 1 N–H and O–H groups in total. The van der Waals surface area contributed by atoms with Gasteiger partial charge in [0, 0.05) is 24.9 Å². The molecule has 0 bridgehead atoms. The van der Waals surface area contributed by atoms with Gasteiger partial charge in [0.1, 0.15) is 5.60 Å². The Hall–Kier alpha value is -1.75. The number of carbonyl (C=O) groups is 1. The highest BCUT2D eigenvalue weighted by molar-refractivity contribution is 5.91. The molecule has 1 amide bonds. The van der Waals surface area contributed by atoms with Gasteiger partial charge >= 0.3 is 6.09 Å². The van der Waals surface area contributed by atoms with Crippen LogP contribution in [0.5, 0.6) is 0 Å². The number of anilines is 2. The number of hydrogen-bond donors (Lipinski definition) is 1. The number of rotatable bonds is 5. The fraction of sp³-hybridized carbons (Fsp3) is 0.611. The molecule has 1 aliphatic rings. The first-order valence-electron chi connectivity index (χ1n) is 8.28. The van der Waals surface area contributed by atoms with Gasteiger partial charge in [-0.25, -0.2) is 4.79 Å². The van der Waals surface area contributed by atoms with Crippen molar-refractivity contribution in [3.8, 4) is 0 Å². The van der Waals surface area contributed by atoms with Crippen LogP contribution in [0, 0.1) is 0 Å². The number of nitrogens with zero attached hydrogens (tertiary/aromatic N) is 1. The molecule has 1 heterocycles. The molecular weight excluding hydrogens is 292 g/mol. The molecule has 5 heteroatoms. The summed E-state index contributed by atoms with van der Waals surface area (Å²) >= 11 is 0. The lowest BCUT2D eigenvalue weighted by Gasteiger charge is -2.25. The third kappa shape index (κ3) is 4.86. The Labute approximate surface area is 139 Å². The highest BCUT2D eigenvalue weighted by Gasteiger charge is 2.29. The lowest BCUT2D eigenvalue weighted by Crippen LogP contribution is -2.35. The molecule has 0 aromatic heterocycles. The summed E-state index contributed by atoms with van der Waals surface area (Å²) in [6.07, 6.45) is 0.575. The number of amides is 1. The number of carbonyl (C=O) groups excluding carboxylic acids is 1. The molecule has 2 rings (SSSR count). The average Bonchev–Trinajstić information content (AvgIpc) is 2.86. The molecule has 1 aliphatic heterocycles. The van der Waals surface area contributed by atoms with Gasteiger partial charge in [-0.15, -0.1) is 0 Å². The van der Waals surface area contributed by atoms with Crippen molar-refractivity contribution in [1.82, 2.24) is 0 Å². The second-order valence-corrected chi connectivity index (χ2v) is 6.93. The Bertz CT molecular complexity index is 552. The van der Waals surface area contributed by atoms with Gasteiger partial charge in [0.15, 0.2) is 0 Å². The van der Waals surface area contributed by atoms with Crippen molar-refractivity contribution in [3.05, 3.63) is 23.8 Å². The van der Waals surface area contributed by atoms with Crippen LogP contribution in [0.15, 0.2) is 18.2 Å². The molecule has 1 unspecified atom stereocenters. The molecule has 5 nitrogen and oxygen atoms in total. The molecule has 0 spiro atoms. The third-order valence-electron chi connectivity index (χ3n) is 3.57. The first kappa shape index (κ1) is 17.6. The predicted molar refractivity (Wildman–Crippen MR) is 93.3 cm³/mol. The summed E-state index contributed by atoms with van der Waals surface area (Å²) in [5.74, 6) is 0. The van der Waals surface area contributed by atoms with Crippen molar-refractivity contribution in [3.63, 3.8) is 0 Å². The van der Waals surface area contributed by atoms with Crippen molar-refractivity contribution in [2.75, 3.05) is 30.0 Å². The highest BCUT2D eigenvalue weighted by Crippen LogP contribution is 2.31. The van der Waals surface area contributed by atoms with Gasteiger partial charge in [0.05, 0.1) is 12.3 Å². The van der Waals surface area contributed by atoms with Crippen molar-refractivity contribution in [2.45, 2.75) is 52.7 Å². The molecule has 128 valence electrons. The first-order valence-corrected chi connectivity index (χ1v) is 8.28. The number of nitrogens with one attached hydrogen (secondary N) is 1. The summed E-state index contributed by atoms with van der Waals surface area (Å²) in [4.78, 5) is 14.0. The molecule has 0 fully saturated rings. The van der Waals surface area contributed by atoms with Gasteiger partial charge in [-0.05, 0) is 64.8 Å². The van der Waals surface area contributed by atoms with Gasteiger partial charge in [-0.2, -0.15) is 0 Å². The van der Waals surface area contributed by atoms with E-state index in [0.717, 1.165) is 24.4 Å². The van der Waals surface area contributed by atoms with Gasteiger partial charge < -0.3 is 14.8 Å². The van der Waals surface area contributed by atoms with E-state index in [1.807, 2.05) is 39.8 Å². The van der Waals surface area contributed by atoms with Crippen LogP contribution in [0.25, 0.3) is 0 Å². The lowest BCUT2D eigenvalue weighted by atomic mass is 10.1. The van der Waals surface area contributed by atoms with E-state index in [1.165, 1.54) is 5.56 Å². The molecule has 0 radical (unpaired) electrons. The summed E-state index contributed by atoms with van der Waals surface area (Å²) < 4.78 is 10.9. The maximum atomic E-state index is 12.3. The van der Waals surface area contributed by atoms with Gasteiger partial charge in [0.25, 0.3) is 0 Å². The van der Waals surface area contributed by atoms with Gasteiger partial charge in [-0.3, -0.25) is 4.90 Å². The summed E-state index contributed by atoms with van der Waals surface area (Å²) in [5, 5.41) is 3.43. The number of hydrogen-bond acceptors (Lipinski definition) is 4. The van der Waals surface area contributed by atoms with E-state index in [9.17, 15) is 4.79 Å². The molecule has 0 aliphatic carbocycles. The van der Waals surface area contributed by atoms with Crippen molar-refractivity contribution in [1.29, 1.82) is 0 Å². The van der Waals surface area contributed by atoms with Crippen LogP contribution >= 0.6 is 0 Å². The topological polar surface area (TPSA) is 50.8 Å². The van der Waals surface area contributed by atoms with Crippen molar-refractivity contribution in [2.24, 2.45) is 0 Å². The van der Waals surface area contributed by atoms with E-state index in [1.54, 1.807) is 4.90 Å². The zero-order valence-electron chi connectivity index (χ0n) is 14.8. The maximum absolute atomic E-state index is 12.3. The minimum absolute atomic E-state index is 0.247. The lowest BCUT2D eigenvalue weighted by molar-refractivity contribution is 0.0584. The van der Waals surface area contributed by atoms with E-state index in [4.69, 9.17) is 9.47 Å². The zero-order chi connectivity index (χ0) is 17.0. The highest BCUT2D eigenvalue weighted by atomic mass is 16.6. The maximum Gasteiger partial charge on any atom is 0.414 e. The van der Waals surface area contributed by atoms with Crippen LogP contribution in [-0.4, -0.2) is 37.5 Å². The van der Waals surface area contributed by atoms with Crippen molar-refractivity contribution >= 4 is 17.5 Å². The Kier molecular flexibility index (Phi) is 5.52. The van der Waals surface area contributed by atoms with E-state index >= 15 is 0 Å². The van der Waals surface area contributed by atoms with E-state index < -0.39 is 5.60 Å². The monoisotopic (exact) mass is 320 g/mol. The van der Waals surface area contributed by atoms with Crippen LogP contribution in [0.1, 0.15) is 40.2 Å². The number of fused-ring (bicyclic) bond motifs is 1. The van der Waals surface area contributed by atoms with Crippen molar-refractivity contribution < 1.29 is 14.3 Å². The molecule has 0 saturated carbocycles. The normalized spacial score (nSPS) is 15.3. The number of ether oxygens (including phenoxy) is 2. The molecular formula is C18H28N2O3. The minimum Gasteiger partial charge on any atom is -0.443 e. The van der Waals surface area contributed by atoms with Gasteiger partial charge in [0.2, 0.25) is 0 Å². The Morgan fingerprint density at radius 3 is 2.78 bits per heavy atom. The first-order chi connectivity index (χ1) is 10.8. The average molecular weight is 320 g/mol. The molecule has 0 saturated heterocycles. The molecule has 1 atom stereocenters. The van der Waals surface area contributed by atoms with Gasteiger partial charge in [-0.1, -0.05) is 0 Å². The fourth-order valence-electron chi connectivity index (χ4n) is 2.62. The van der Waals surface area contributed by atoms with Crippen LogP contribution < -0.4 is 10.2 Å². The largest absolute Gasteiger partial charge is 0.443 e. The van der Waals surface area contributed by atoms with E-state index in [-0.39, 0.29) is 12.1 Å². The fourth-order valence-corrected chi connectivity index (χ4v) is 2.62. The summed E-state index contributed by atoms with van der Waals surface area (Å²) in [6, 6.07) is 6.35. The predicted octanol–water partition coefficient (Wildman–Crippen LogP) is 3.82. The van der Waals surface area contributed by atoms with Crippen LogP contribution in [0.2, 0.25) is 0 Å². The second kappa shape index (κ2) is 7.21. The second-order valence-electron chi connectivity index (χ2n) is 6.93. The standard InChI is InChI=1S/C18H28N2O3/c1-6-22-12-13(2)19-15-7-8-16-14(11-15)9-10-20(16)17(21)23-18(3,4)5/h7-8,11,13,19H,6,9-10,12H2,1-5H3. The zero-order valence-corrected chi connectivity index (χ0v) is 14.8. The quantitative estimate of drug-likeness (QED) is 0.896. The third-order valence-corrected chi connectivity index (χ3v) is 3.57. The Balaban J connectivity index is 2.04. The van der Waals surface area contributed by atoms with Crippen LogP contribution in [-0.2, 0) is 15.9 Å². The molecule has 23 heavy (non-hydrogen) atoms. The summed E-state index contributed by atoms with van der Waals surface area (Å²) in [5.41, 5.74) is 2.70. The Morgan fingerprint density at radius 2 is 2.13 bits per heavy atom. The van der Waals surface area contributed by atoms with E-state index in [2.05, 4.69) is 18.3 Å². The van der Waals surface area contributed by atoms with Crippen LogP contribution in [0.4, 0.5) is 16.2 Å². The van der Waals surface area contributed by atoms with E-state index in [0.29, 0.717) is 13.2 Å². The Morgan fingerprint density at radius 1 is 1.39 bits per heavy atom. The molecule has 1 aromatic carbocycles. The minimum atomic E-state index is -0.476. The van der Waals surface area contributed by atoms with Crippen LogP contribution in [0.3, 0.4) is 0 Å². The summed E-state index contributed by atoms with van der Waals surface area (Å²) in [6.45, 7) is 11.8. The smallest absolute Gasteiger partial charge is 0.414 e. The number of benzene rings is 1. The molecule has 1 aromatic rings. The summed E-state index contributed by atoms with van der Waals surface area (Å²) in [7, 11) is 0.